The van der Waals surface area contributed by atoms with Crippen molar-refractivity contribution in [3.8, 4) is 22.5 Å². The number of carboxylic acids is 1. The van der Waals surface area contributed by atoms with E-state index in [0.717, 1.165) is 34.3 Å². The van der Waals surface area contributed by atoms with Crippen molar-refractivity contribution in [2.75, 3.05) is 0 Å². The Morgan fingerprint density at radius 1 is 1.00 bits per heavy atom. The molecule has 0 aliphatic carbocycles. The minimum absolute atomic E-state index is 0.219. The summed E-state index contributed by atoms with van der Waals surface area (Å²) in [6, 6.07) is 20.7. The van der Waals surface area contributed by atoms with Crippen LogP contribution in [0.1, 0.15) is 35.3 Å². The van der Waals surface area contributed by atoms with Gasteiger partial charge in [-0.05, 0) is 41.3 Å². The SMILES string of the molecule is Cc1cc(C(=O)O)c2nc(-c3ccc(-c4ccc(CNC(C)C)cc4)cc3)[nH]c2c1. The second-order valence-electron chi connectivity index (χ2n) is 7.91. The molecule has 0 aliphatic rings. The predicted molar refractivity (Wildman–Crippen MR) is 121 cm³/mol. The molecule has 4 rings (SSSR count). The molecule has 5 heteroatoms. The average molecular weight is 399 g/mol. The van der Waals surface area contributed by atoms with E-state index in [1.54, 1.807) is 6.07 Å². The standard InChI is InChI=1S/C25H25N3O2/c1-15(2)26-14-17-4-6-18(7-5-17)19-8-10-20(11-9-19)24-27-22-13-16(3)12-21(25(29)30)23(22)28-24/h4-13,15,26H,14H2,1-3H3,(H,27,28)(H,29,30). The molecule has 0 radical (unpaired) electrons. The molecule has 0 aliphatic heterocycles. The molecule has 0 unspecified atom stereocenters. The summed E-state index contributed by atoms with van der Waals surface area (Å²) in [5.41, 5.74) is 6.78. The monoisotopic (exact) mass is 399 g/mol. The van der Waals surface area contributed by atoms with Gasteiger partial charge in [0.25, 0.3) is 0 Å². The van der Waals surface area contributed by atoms with Crippen molar-refractivity contribution in [2.24, 2.45) is 0 Å². The summed E-state index contributed by atoms with van der Waals surface area (Å²) in [4.78, 5) is 19.4. The van der Waals surface area contributed by atoms with Crippen LogP contribution < -0.4 is 5.32 Å². The molecule has 1 aromatic heterocycles. The maximum Gasteiger partial charge on any atom is 0.337 e. The fourth-order valence-electron chi connectivity index (χ4n) is 3.52. The van der Waals surface area contributed by atoms with Crippen LogP contribution in [0, 0.1) is 6.92 Å². The first kappa shape index (κ1) is 19.9. The van der Waals surface area contributed by atoms with E-state index < -0.39 is 5.97 Å². The van der Waals surface area contributed by atoms with Gasteiger partial charge >= 0.3 is 5.97 Å². The maximum absolute atomic E-state index is 11.6. The molecule has 0 fully saturated rings. The number of H-pyrrole nitrogens is 1. The van der Waals surface area contributed by atoms with Crippen molar-refractivity contribution in [1.29, 1.82) is 0 Å². The normalized spacial score (nSPS) is 11.3. The van der Waals surface area contributed by atoms with Crippen LogP contribution in [0.2, 0.25) is 0 Å². The molecular weight excluding hydrogens is 374 g/mol. The van der Waals surface area contributed by atoms with Gasteiger partial charge in [0.2, 0.25) is 0 Å². The highest BCUT2D eigenvalue weighted by molar-refractivity contribution is 6.02. The second-order valence-corrected chi connectivity index (χ2v) is 7.91. The highest BCUT2D eigenvalue weighted by Gasteiger charge is 2.14. The Kier molecular flexibility index (Phi) is 5.38. The Hall–Kier alpha value is -3.44. The van der Waals surface area contributed by atoms with Crippen molar-refractivity contribution in [2.45, 2.75) is 33.4 Å². The zero-order chi connectivity index (χ0) is 21.3. The minimum atomic E-state index is -0.968. The van der Waals surface area contributed by atoms with Gasteiger partial charge in [0.05, 0.1) is 11.1 Å². The third-order valence-corrected chi connectivity index (χ3v) is 5.12. The summed E-state index contributed by atoms with van der Waals surface area (Å²) in [5.74, 6) is -0.302. The third kappa shape index (κ3) is 4.11. The molecule has 0 amide bonds. The summed E-state index contributed by atoms with van der Waals surface area (Å²) >= 11 is 0. The summed E-state index contributed by atoms with van der Waals surface area (Å²) in [6.07, 6.45) is 0. The van der Waals surface area contributed by atoms with Gasteiger partial charge in [0.15, 0.2) is 0 Å². The summed E-state index contributed by atoms with van der Waals surface area (Å²) in [6.45, 7) is 7.02. The van der Waals surface area contributed by atoms with Crippen molar-refractivity contribution < 1.29 is 9.90 Å². The number of nitrogens with zero attached hydrogens (tertiary/aromatic N) is 1. The molecule has 1 heterocycles. The number of hydrogen-bond acceptors (Lipinski definition) is 3. The third-order valence-electron chi connectivity index (χ3n) is 5.12. The second kappa shape index (κ2) is 8.13. The largest absolute Gasteiger partial charge is 0.478 e. The Morgan fingerprint density at radius 2 is 1.60 bits per heavy atom. The van der Waals surface area contributed by atoms with Crippen LogP contribution in [0.25, 0.3) is 33.5 Å². The first-order valence-electron chi connectivity index (χ1n) is 10.1. The molecule has 0 atom stereocenters. The van der Waals surface area contributed by atoms with Crippen molar-refractivity contribution in [3.63, 3.8) is 0 Å². The first-order valence-corrected chi connectivity index (χ1v) is 10.1. The number of benzene rings is 3. The lowest BCUT2D eigenvalue weighted by molar-refractivity contribution is 0.0698. The van der Waals surface area contributed by atoms with E-state index in [4.69, 9.17) is 0 Å². The number of fused-ring (bicyclic) bond motifs is 1. The van der Waals surface area contributed by atoms with Gasteiger partial charge in [-0.2, -0.15) is 0 Å². The zero-order valence-corrected chi connectivity index (χ0v) is 17.4. The van der Waals surface area contributed by atoms with Crippen LogP contribution in [0.15, 0.2) is 60.7 Å². The molecule has 4 aromatic rings. The molecular formula is C25H25N3O2. The highest BCUT2D eigenvalue weighted by Crippen LogP contribution is 2.27. The quantitative estimate of drug-likeness (QED) is 0.406. The lowest BCUT2D eigenvalue weighted by Gasteiger charge is -2.09. The van der Waals surface area contributed by atoms with E-state index >= 15 is 0 Å². The number of imidazole rings is 1. The lowest BCUT2D eigenvalue weighted by Crippen LogP contribution is -2.21. The van der Waals surface area contributed by atoms with Crippen molar-refractivity contribution >= 4 is 17.0 Å². The van der Waals surface area contributed by atoms with E-state index in [-0.39, 0.29) is 5.56 Å². The van der Waals surface area contributed by atoms with Crippen LogP contribution >= 0.6 is 0 Å². The van der Waals surface area contributed by atoms with Crippen molar-refractivity contribution in [3.05, 3.63) is 77.4 Å². The molecule has 0 bridgehead atoms. The highest BCUT2D eigenvalue weighted by atomic mass is 16.4. The van der Waals surface area contributed by atoms with Gasteiger partial charge in [-0.3, -0.25) is 0 Å². The van der Waals surface area contributed by atoms with Crippen LogP contribution in [-0.4, -0.2) is 27.1 Å². The molecule has 0 saturated carbocycles. The fourth-order valence-corrected chi connectivity index (χ4v) is 3.52. The molecule has 5 nitrogen and oxygen atoms in total. The van der Waals surface area contributed by atoms with E-state index in [2.05, 4.69) is 65.5 Å². The molecule has 3 aromatic carbocycles. The topological polar surface area (TPSA) is 78.0 Å². The Labute approximate surface area is 175 Å². The number of aromatic carboxylic acids is 1. The van der Waals surface area contributed by atoms with Gasteiger partial charge in [-0.1, -0.05) is 62.4 Å². The van der Waals surface area contributed by atoms with Gasteiger partial charge in [0, 0.05) is 18.2 Å². The molecule has 30 heavy (non-hydrogen) atoms. The molecule has 152 valence electrons. The lowest BCUT2D eigenvalue weighted by atomic mass is 10.0. The average Bonchev–Trinajstić information content (AvgIpc) is 3.16. The van der Waals surface area contributed by atoms with Gasteiger partial charge in [0.1, 0.15) is 11.3 Å². The van der Waals surface area contributed by atoms with Gasteiger partial charge in [-0.25, -0.2) is 9.78 Å². The molecule has 0 spiro atoms. The fraction of sp³-hybridized carbons (Fsp3) is 0.200. The summed E-state index contributed by atoms with van der Waals surface area (Å²) in [7, 11) is 0. The summed E-state index contributed by atoms with van der Waals surface area (Å²) < 4.78 is 0. The zero-order valence-electron chi connectivity index (χ0n) is 17.4. The Balaban J connectivity index is 1.59. The van der Waals surface area contributed by atoms with Crippen LogP contribution in [-0.2, 0) is 6.54 Å². The number of aryl methyl sites for hydroxylation is 1. The van der Waals surface area contributed by atoms with E-state index in [0.29, 0.717) is 17.4 Å². The van der Waals surface area contributed by atoms with Crippen LogP contribution in [0.4, 0.5) is 0 Å². The van der Waals surface area contributed by atoms with Gasteiger partial charge in [-0.15, -0.1) is 0 Å². The van der Waals surface area contributed by atoms with E-state index in [1.165, 1.54) is 5.56 Å². The number of hydrogen-bond donors (Lipinski definition) is 3. The number of carboxylic acid groups (broad SMARTS) is 1. The van der Waals surface area contributed by atoms with Crippen LogP contribution in [0.5, 0.6) is 0 Å². The number of carbonyl (C=O) groups is 1. The molecule has 0 saturated heterocycles. The van der Waals surface area contributed by atoms with Gasteiger partial charge < -0.3 is 15.4 Å². The Bertz CT molecular complexity index is 1190. The minimum Gasteiger partial charge on any atom is -0.478 e. The summed E-state index contributed by atoms with van der Waals surface area (Å²) in [5, 5.41) is 12.9. The van der Waals surface area contributed by atoms with E-state index in [1.807, 2.05) is 25.1 Å². The van der Waals surface area contributed by atoms with Crippen LogP contribution in [0.3, 0.4) is 0 Å². The number of rotatable bonds is 6. The number of nitrogens with one attached hydrogen (secondary N) is 2. The molecule has 3 N–H and O–H groups in total. The first-order chi connectivity index (χ1) is 14.4. The van der Waals surface area contributed by atoms with E-state index in [9.17, 15) is 9.90 Å². The number of aromatic nitrogens is 2. The number of aromatic amines is 1. The Morgan fingerprint density at radius 3 is 2.20 bits per heavy atom. The smallest absolute Gasteiger partial charge is 0.337 e. The van der Waals surface area contributed by atoms with Crippen molar-refractivity contribution in [1.82, 2.24) is 15.3 Å². The predicted octanol–water partition coefficient (Wildman–Crippen LogP) is 5.40. The maximum atomic E-state index is 11.6.